The van der Waals surface area contributed by atoms with Crippen LogP contribution in [-0.4, -0.2) is 48.3 Å². The van der Waals surface area contributed by atoms with Gasteiger partial charge in [-0.2, -0.15) is 0 Å². The minimum Gasteiger partial charge on any atom is -0.390 e. The number of hydrogen-bond acceptors (Lipinski definition) is 3. The third kappa shape index (κ3) is 2.58. The van der Waals surface area contributed by atoms with Gasteiger partial charge >= 0.3 is 0 Å². The molecule has 2 aliphatic carbocycles. The summed E-state index contributed by atoms with van der Waals surface area (Å²) in [5.41, 5.74) is 0. The lowest BCUT2D eigenvalue weighted by molar-refractivity contribution is 0.119. The zero-order valence-electron chi connectivity index (χ0n) is 10.1. The molecule has 1 heterocycles. The van der Waals surface area contributed by atoms with E-state index in [9.17, 15) is 5.11 Å². The highest BCUT2D eigenvalue weighted by molar-refractivity contribution is 4.89. The second kappa shape index (κ2) is 4.63. The van der Waals surface area contributed by atoms with Crippen molar-refractivity contribution < 1.29 is 5.11 Å². The molecule has 3 aliphatic rings. The molecule has 3 fully saturated rings. The summed E-state index contributed by atoms with van der Waals surface area (Å²) in [5, 5.41) is 13.3. The predicted octanol–water partition coefficient (Wildman–Crippen LogP) is 0.831. The third-order valence-electron chi connectivity index (χ3n) is 4.49. The number of β-amino-alcohol motifs (C(OH)–C–C–N with tert-alkyl or cyclic N) is 1. The van der Waals surface area contributed by atoms with E-state index in [2.05, 4.69) is 10.2 Å². The van der Waals surface area contributed by atoms with E-state index >= 15 is 0 Å². The van der Waals surface area contributed by atoms with Crippen LogP contribution in [0, 0.1) is 11.8 Å². The van der Waals surface area contributed by atoms with Crippen molar-refractivity contribution in [1.29, 1.82) is 0 Å². The highest BCUT2D eigenvalue weighted by Crippen LogP contribution is 2.37. The Labute approximate surface area is 98.2 Å². The maximum Gasteiger partial charge on any atom is 0.0791 e. The van der Waals surface area contributed by atoms with E-state index in [1.807, 2.05) is 0 Å². The van der Waals surface area contributed by atoms with Crippen LogP contribution in [0.1, 0.15) is 32.1 Å². The molecule has 2 N–H and O–H groups in total. The average Bonchev–Trinajstić information content (AvgIpc) is 2.86. The zero-order valence-corrected chi connectivity index (χ0v) is 10.1. The standard InChI is InChI=1S/C13H24N2O/c16-13(6-14-12-4-5-12)9-15-7-10-2-1-3-11(10)8-15/h10-14,16H,1-9H2. The molecule has 0 radical (unpaired) electrons. The molecule has 0 amide bonds. The molecule has 16 heavy (non-hydrogen) atoms. The molecule has 0 aromatic heterocycles. The summed E-state index contributed by atoms with van der Waals surface area (Å²) < 4.78 is 0. The molecule has 1 saturated heterocycles. The summed E-state index contributed by atoms with van der Waals surface area (Å²) in [4.78, 5) is 2.48. The summed E-state index contributed by atoms with van der Waals surface area (Å²) in [6.45, 7) is 4.15. The number of aliphatic hydroxyl groups is 1. The van der Waals surface area contributed by atoms with Crippen molar-refractivity contribution in [3.05, 3.63) is 0 Å². The summed E-state index contributed by atoms with van der Waals surface area (Å²) in [6.07, 6.45) is 6.74. The fraction of sp³-hybridized carbons (Fsp3) is 1.00. The second-order valence-corrected chi connectivity index (χ2v) is 6.01. The van der Waals surface area contributed by atoms with Crippen molar-refractivity contribution in [3.63, 3.8) is 0 Å². The Kier molecular flexibility index (Phi) is 3.18. The van der Waals surface area contributed by atoms with Gasteiger partial charge in [0.25, 0.3) is 0 Å². The van der Waals surface area contributed by atoms with Crippen LogP contribution >= 0.6 is 0 Å². The fourth-order valence-electron chi connectivity index (χ4n) is 3.43. The highest BCUT2D eigenvalue weighted by atomic mass is 16.3. The molecule has 3 rings (SSSR count). The van der Waals surface area contributed by atoms with Crippen molar-refractivity contribution in [2.24, 2.45) is 11.8 Å². The summed E-state index contributed by atoms with van der Waals surface area (Å²) in [6, 6.07) is 0.715. The van der Waals surface area contributed by atoms with E-state index in [-0.39, 0.29) is 6.10 Å². The van der Waals surface area contributed by atoms with Crippen LogP contribution in [0.15, 0.2) is 0 Å². The van der Waals surface area contributed by atoms with Crippen molar-refractivity contribution in [3.8, 4) is 0 Å². The van der Waals surface area contributed by atoms with Crippen LogP contribution in [0.4, 0.5) is 0 Å². The van der Waals surface area contributed by atoms with Crippen molar-refractivity contribution in [2.45, 2.75) is 44.2 Å². The van der Waals surface area contributed by atoms with Gasteiger partial charge in [-0.05, 0) is 37.5 Å². The van der Waals surface area contributed by atoms with Gasteiger partial charge in [-0.25, -0.2) is 0 Å². The Hall–Kier alpha value is -0.120. The maximum atomic E-state index is 9.95. The number of nitrogens with zero attached hydrogens (tertiary/aromatic N) is 1. The van der Waals surface area contributed by atoms with Crippen LogP contribution in [0.5, 0.6) is 0 Å². The first kappa shape index (κ1) is 11.0. The minimum atomic E-state index is -0.167. The molecule has 3 unspecified atom stereocenters. The van der Waals surface area contributed by atoms with Gasteiger partial charge in [0.15, 0.2) is 0 Å². The average molecular weight is 224 g/mol. The lowest BCUT2D eigenvalue weighted by atomic mass is 10.0. The predicted molar refractivity (Wildman–Crippen MR) is 64.3 cm³/mol. The Balaban J connectivity index is 1.37. The smallest absolute Gasteiger partial charge is 0.0791 e. The Morgan fingerprint density at radius 1 is 1.12 bits per heavy atom. The van der Waals surface area contributed by atoms with Gasteiger partial charge in [0.2, 0.25) is 0 Å². The third-order valence-corrected chi connectivity index (χ3v) is 4.49. The van der Waals surface area contributed by atoms with Gasteiger partial charge in [-0.1, -0.05) is 6.42 Å². The number of likely N-dealkylation sites (tertiary alicyclic amines) is 1. The van der Waals surface area contributed by atoms with Crippen LogP contribution in [0.25, 0.3) is 0 Å². The van der Waals surface area contributed by atoms with E-state index in [1.165, 1.54) is 45.2 Å². The van der Waals surface area contributed by atoms with Crippen LogP contribution in [0.3, 0.4) is 0 Å². The summed E-state index contributed by atoms with van der Waals surface area (Å²) in [7, 11) is 0. The normalized spacial score (nSPS) is 36.6. The minimum absolute atomic E-state index is 0.167. The Bertz CT molecular complexity index is 230. The zero-order chi connectivity index (χ0) is 11.0. The first-order valence-electron chi connectivity index (χ1n) is 6.95. The van der Waals surface area contributed by atoms with Gasteiger partial charge in [-0.15, -0.1) is 0 Å². The molecular formula is C13H24N2O. The molecule has 3 atom stereocenters. The molecule has 92 valence electrons. The Morgan fingerprint density at radius 2 is 1.81 bits per heavy atom. The Morgan fingerprint density at radius 3 is 2.44 bits per heavy atom. The summed E-state index contributed by atoms with van der Waals surface area (Å²) in [5.74, 6) is 1.90. The topological polar surface area (TPSA) is 35.5 Å². The maximum absolute atomic E-state index is 9.95. The molecule has 1 aliphatic heterocycles. The van der Waals surface area contributed by atoms with E-state index in [4.69, 9.17) is 0 Å². The quantitative estimate of drug-likeness (QED) is 0.726. The molecule has 3 heteroatoms. The van der Waals surface area contributed by atoms with E-state index in [0.29, 0.717) is 6.04 Å². The largest absolute Gasteiger partial charge is 0.390 e. The van der Waals surface area contributed by atoms with Crippen molar-refractivity contribution in [2.75, 3.05) is 26.2 Å². The monoisotopic (exact) mass is 224 g/mol. The molecule has 3 nitrogen and oxygen atoms in total. The van der Waals surface area contributed by atoms with E-state index in [0.717, 1.165) is 24.9 Å². The lowest BCUT2D eigenvalue weighted by Crippen LogP contribution is -2.38. The van der Waals surface area contributed by atoms with Gasteiger partial charge in [-0.3, -0.25) is 0 Å². The first-order valence-corrected chi connectivity index (χ1v) is 6.95. The molecule has 0 aromatic carbocycles. The van der Waals surface area contributed by atoms with Crippen LogP contribution in [-0.2, 0) is 0 Å². The van der Waals surface area contributed by atoms with Gasteiger partial charge in [0, 0.05) is 32.2 Å². The van der Waals surface area contributed by atoms with Crippen LogP contribution < -0.4 is 5.32 Å². The number of fused-ring (bicyclic) bond motifs is 1. The van der Waals surface area contributed by atoms with E-state index < -0.39 is 0 Å². The van der Waals surface area contributed by atoms with Gasteiger partial charge in [0.1, 0.15) is 0 Å². The second-order valence-electron chi connectivity index (χ2n) is 6.01. The number of nitrogens with one attached hydrogen (secondary N) is 1. The first-order chi connectivity index (χ1) is 7.81. The van der Waals surface area contributed by atoms with E-state index in [1.54, 1.807) is 0 Å². The van der Waals surface area contributed by atoms with Crippen molar-refractivity contribution in [1.82, 2.24) is 10.2 Å². The molecular weight excluding hydrogens is 200 g/mol. The lowest BCUT2D eigenvalue weighted by Gasteiger charge is -2.21. The van der Waals surface area contributed by atoms with Gasteiger partial charge < -0.3 is 15.3 Å². The van der Waals surface area contributed by atoms with Crippen LogP contribution in [0.2, 0.25) is 0 Å². The molecule has 0 bridgehead atoms. The molecule has 0 aromatic rings. The molecule has 0 spiro atoms. The van der Waals surface area contributed by atoms with Crippen molar-refractivity contribution >= 4 is 0 Å². The fourth-order valence-corrected chi connectivity index (χ4v) is 3.43. The molecule has 2 saturated carbocycles. The number of rotatable bonds is 5. The SMILES string of the molecule is OC(CNC1CC1)CN1CC2CCCC2C1. The number of hydrogen-bond donors (Lipinski definition) is 2. The van der Waals surface area contributed by atoms with Gasteiger partial charge in [0.05, 0.1) is 6.10 Å². The summed E-state index contributed by atoms with van der Waals surface area (Å²) >= 11 is 0. The number of aliphatic hydroxyl groups excluding tert-OH is 1. The highest BCUT2D eigenvalue weighted by Gasteiger charge is 2.36.